The largest absolute Gasteiger partial charge is 0.497 e. The highest BCUT2D eigenvalue weighted by atomic mass is 16.5. The van der Waals surface area contributed by atoms with Gasteiger partial charge in [0, 0.05) is 25.3 Å². The van der Waals surface area contributed by atoms with Gasteiger partial charge in [-0.1, -0.05) is 26.3 Å². The van der Waals surface area contributed by atoms with Crippen molar-refractivity contribution in [3.63, 3.8) is 0 Å². The van der Waals surface area contributed by atoms with Crippen molar-refractivity contribution in [1.82, 2.24) is 0 Å². The standard InChI is InChI=1S/C15H26N2O/c1-5-9-15(2,11-16)12-17(3)13-7-6-8-14(10-13)18-4/h6-8,10H,5,9,11-12,16H2,1-4H3. The maximum Gasteiger partial charge on any atom is 0.120 e. The second kappa shape index (κ2) is 6.64. The zero-order chi connectivity index (χ0) is 13.6. The molecule has 0 radical (unpaired) electrons. The van der Waals surface area contributed by atoms with E-state index < -0.39 is 0 Å². The minimum atomic E-state index is 0.173. The van der Waals surface area contributed by atoms with Crippen LogP contribution in [0, 0.1) is 5.41 Å². The molecule has 0 aliphatic heterocycles. The molecule has 0 heterocycles. The second-order valence-corrected chi connectivity index (χ2v) is 5.32. The Balaban J connectivity index is 2.76. The average molecular weight is 250 g/mol. The molecule has 1 aromatic carbocycles. The first kappa shape index (κ1) is 14.8. The number of rotatable bonds is 7. The normalized spacial score (nSPS) is 14.1. The number of methoxy groups -OCH3 is 1. The van der Waals surface area contributed by atoms with E-state index in [9.17, 15) is 0 Å². The van der Waals surface area contributed by atoms with Gasteiger partial charge in [-0.25, -0.2) is 0 Å². The molecule has 1 atom stereocenters. The van der Waals surface area contributed by atoms with E-state index in [-0.39, 0.29) is 5.41 Å². The Hall–Kier alpha value is -1.22. The number of ether oxygens (including phenoxy) is 1. The molecular formula is C15H26N2O. The number of hydrogen-bond donors (Lipinski definition) is 1. The zero-order valence-electron chi connectivity index (χ0n) is 12.1. The van der Waals surface area contributed by atoms with Crippen molar-refractivity contribution >= 4 is 5.69 Å². The topological polar surface area (TPSA) is 38.5 Å². The SMILES string of the molecule is CCCC(C)(CN)CN(C)c1cccc(OC)c1. The lowest BCUT2D eigenvalue weighted by molar-refractivity contribution is 0.311. The van der Waals surface area contributed by atoms with E-state index in [1.165, 1.54) is 12.1 Å². The highest BCUT2D eigenvalue weighted by molar-refractivity contribution is 5.50. The van der Waals surface area contributed by atoms with Gasteiger partial charge < -0.3 is 15.4 Å². The van der Waals surface area contributed by atoms with Crippen molar-refractivity contribution in [1.29, 1.82) is 0 Å². The Kier molecular flexibility index (Phi) is 5.48. The lowest BCUT2D eigenvalue weighted by Crippen LogP contribution is -2.39. The molecular weight excluding hydrogens is 224 g/mol. The van der Waals surface area contributed by atoms with Crippen LogP contribution in [0.2, 0.25) is 0 Å². The fourth-order valence-electron chi connectivity index (χ4n) is 2.36. The molecule has 0 bridgehead atoms. The minimum Gasteiger partial charge on any atom is -0.497 e. The van der Waals surface area contributed by atoms with E-state index in [2.05, 4.69) is 37.9 Å². The van der Waals surface area contributed by atoms with Crippen LogP contribution in [0.5, 0.6) is 5.75 Å². The summed E-state index contributed by atoms with van der Waals surface area (Å²) in [4.78, 5) is 2.26. The summed E-state index contributed by atoms with van der Waals surface area (Å²) in [6.07, 6.45) is 2.32. The van der Waals surface area contributed by atoms with Crippen LogP contribution < -0.4 is 15.4 Å². The third-order valence-corrected chi connectivity index (χ3v) is 3.46. The summed E-state index contributed by atoms with van der Waals surface area (Å²) in [7, 11) is 3.80. The molecule has 18 heavy (non-hydrogen) atoms. The molecule has 1 unspecified atom stereocenters. The van der Waals surface area contributed by atoms with Gasteiger partial charge in [-0.2, -0.15) is 0 Å². The quantitative estimate of drug-likeness (QED) is 0.808. The van der Waals surface area contributed by atoms with Crippen molar-refractivity contribution in [2.24, 2.45) is 11.1 Å². The van der Waals surface area contributed by atoms with Gasteiger partial charge in [0.05, 0.1) is 7.11 Å². The third kappa shape index (κ3) is 3.91. The lowest BCUT2D eigenvalue weighted by atomic mass is 9.85. The van der Waals surface area contributed by atoms with Crippen molar-refractivity contribution in [3.8, 4) is 5.75 Å². The molecule has 0 saturated carbocycles. The Morgan fingerprint density at radius 1 is 1.39 bits per heavy atom. The molecule has 102 valence electrons. The van der Waals surface area contributed by atoms with Gasteiger partial charge in [0.1, 0.15) is 5.75 Å². The first-order valence-electron chi connectivity index (χ1n) is 6.60. The molecule has 0 aromatic heterocycles. The molecule has 0 aliphatic carbocycles. The molecule has 1 aromatic rings. The Labute approximate surface area is 111 Å². The number of hydrogen-bond acceptors (Lipinski definition) is 3. The molecule has 0 saturated heterocycles. The van der Waals surface area contributed by atoms with E-state index in [1.54, 1.807) is 7.11 Å². The number of benzene rings is 1. The Bertz CT molecular complexity index is 367. The molecule has 0 aliphatic rings. The highest BCUT2D eigenvalue weighted by Gasteiger charge is 2.23. The highest BCUT2D eigenvalue weighted by Crippen LogP contribution is 2.27. The van der Waals surface area contributed by atoms with Crippen LogP contribution in [-0.2, 0) is 0 Å². The van der Waals surface area contributed by atoms with Gasteiger partial charge in [0.25, 0.3) is 0 Å². The van der Waals surface area contributed by atoms with Crippen LogP contribution >= 0.6 is 0 Å². The van der Waals surface area contributed by atoms with E-state index in [4.69, 9.17) is 10.5 Å². The van der Waals surface area contributed by atoms with E-state index >= 15 is 0 Å². The van der Waals surface area contributed by atoms with Crippen molar-refractivity contribution in [2.75, 3.05) is 32.1 Å². The Morgan fingerprint density at radius 2 is 2.11 bits per heavy atom. The first-order chi connectivity index (χ1) is 8.54. The molecule has 2 N–H and O–H groups in total. The summed E-state index contributed by atoms with van der Waals surface area (Å²) >= 11 is 0. The molecule has 0 fully saturated rings. The number of anilines is 1. The Morgan fingerprint density at radius 3 is 2.67 bits per heavy atom. The van der Waals surface area contributed by atoms with Gasteiger partial charge in [0.15, 0.2) is 0 Å². The van der Waals surface area contributed by atoms with Crippen LogP contribution in [0.15, 0.2) is 24.3 Å². The summed E-state index contributed by atoms with van der Waals surface area (Å²) < 4.78 is 5.26. The lowest BCUT2D eigenvalue weighted by Gasteiger charge is -2.33. The fourth-order valence-corrected chi connectivity index (χ4v) is 2.36. The summed E-state index contributed by atoms with van der Waals surface area (Å²) in [6.45, 7) is 6.15. The number of nitrogens with two attached hydrogens (primary N) is 1. The van der Waals surface area contributed by atoms with Gasteiger partial charge in [-0.3, -0.25) is 0 Å². The van der Waals surface area contributed by atoms with Crippen molar-refractivity contribution < 1.29 is 4.74 Å². The van der Waals surface area contributed by atoms with Gasteiger partial charge in [-0.05, 0) is 30.5 Å². The minimum absolute atomic E-state index is 0.173. The van der Waals surface area contributed by atoms with E-state index in [0.717, 1.165) is 25.3 Å². The summed E-state index contributed by atoms with van der Waals surface area (Å²) in [5.74, 6) is 0.893. The molecule has 0 spiro atoms. The van der Waals surface area contributed by atoms with Gasteiger partial charge in [0.2, 0.25) is 0 Å². The van der Waals surface area contributed by atoms with Gasteiger partial charge in [-0.15, -0.1) is 0 Å². The van der Waals surface area contributed by atoms with E-state index in [0.29, 0.717) is 0 Å². The van der Waals surface area contributed by atoms with Crippen LogP contribution in [-0.4, -0.2) is 27.2 Å². The molecule has 1 rings (SSSR count). The maximum atomic E-state index is 5.92. The summed E-state index contributed by atoms with van der Waals surface area (Å²) in [5, 5.41) is 0. The average Bonchev–Trinajstić information content (AvgIpc) is 2.39. The molecule has 3 heteroatoms. The molecule has 3 nitrogen and oxygen atoms in total. The van der Waals surface area contributed by atoms with Crippen LogP contribution in [0.1, 0.15) is 26.7 Å². The van der Waals surface area contributed by atoms with Crippen LogP contribution in [0.4, 0.5) is 5.69 Å². The summed E-state index contributed by atoms with van der Waals surface area (Å²) in [5.41, 5.74) is 7.27. The second-order valence-electron chi connectivity index (χ2n) is 5.32. The predicted molar refractivity (Wildman–Crippen MR) is 78.3 cm³/mol. The van der Waals surface area contributed by atoms with Crippen molar-refractivity contribution in [2.45, 2.75) is 26.7 Å². The monoisotopic (exact) mass is 250 g/mol. The number of nitrogens with zero attached hydrogens (tertiary/aromatic N) is 1. The van der Waals surface area contributed by atoms with E-state index in [1.807, 2.05) is 12.1 Å². The third-order valence-electron chi connectivity index (χ3n) is 3.46. The zero-order valence-corrected chi connectivity index (χ0v) is 12.1. The smallest absolute Gasteiger partial charge is 0.120 e. The molecule has 0 amide bonds. The first-order valence-corrected chi connectivity index (χ1v) is 6.60. The maximum absolute atomic E-state index is 5.92. The predicted octanol–water partition coefficient (Wildman–Crippen LogP) is 2.90. The van der Waals surface area contributed by atoms with Crippen LogP contribution in [0.25, 0.3) is 0 Å². The van der Waals surface area contributed by atoms with Crippen molar-refractivity contribution in [3.05, 3.63) is 24.3 Å². The summed E-state index contributed by atoms with van der Waals surface area (Å²) in [6, 6.07) is 8.14. The van der Waals surface area contributed by atoms with Crippen LogP contribution in [0.3, 0.4) is 0 Å². The fraction of sp³-hybridized carbons (Fsp3) is 0.600. The van der Waals surface area contributed by atoms with Gasteiger partial charge >= 0.3 is 0 Å².